The number of aromatic nitrogens is 1. The van der Waals surface area contributed by atoms with Crippen LogP contribution in [-0.2, 0) is 4.79 Å². The van der Waals surface area contributed by atoms with Crippen molar-refractivity contribution in [3.63, 3.8) is 0 Å². The molecule has 1 heterocycles. The first-order valence-corrected chi connectivity index (χ1v) is 5.52. The molecule has 2 rings (SSSR count). The van der Waals surface area contributed by atoms with Gasteiger partial charge in [0, 0.05) is 12.4 Å². The summed E-state index contributed by atoms with van der Waals surface area (Å²) in [5.74, 6) is -0.316. The lowest BCUT2D eigenvalue weighted by atomic mass is 10.1. The van der Waals surface area contributed by atoms with Crippen molar-refractivity contribution < 1.29 is 9.59 Å². The second-order valence-electron chi connectivity index (χ2n) is 3.74. The van der Waals surface area contributed by atoms with Gasteiger partial charge in [-0.05, 0) is 17.7 Å². The third-order valence-corrected chi connectivity index (χ3v) is 2.51. The summed E-state index contributed by atoms with van der Waals surface area (Å²) in [7, 11) is 0. The standard InChI is InChI=1S/C14H12N2O2/c17-10-13(11-5-2-1-3-6-11)16-14(18)12-7-4-8-15-9-12/h1-10,13H,(H,16,18). The molecule has 1 unspecified atom stereocenters. The first kappa shape index (κ1) is 12.0. The highest BCUT2D eigenvalue weighted by atomic mass is 16.2. The summed E-state index contributed by atoms with van der Waals surface area (Å²) in [5, 5.41) is 2.65. The molecule has 90 valence electrons. The van der Waals surface area contributed by atoms with Gasteiger partial charge >= 0.3 is 0 Å². The van der Waals surface area contributed by atoms with Crippen molar-refractivity contribution in [3.05, 3.63) is 66.0 Å². The van der Waals surface area contributed by atoms with E-state index in [1.165, 1.54) is 6.20 Å². The van der Waals surface area contributed by atoms with E-state index < -0.39 is 6.04 Å². The van der Waals surface area contributed by atoms with E-state index in [0.717, 1.165) is 5.56 Å². The first-order chi connectivity index (χ1) is 8.81. The highest BCUT2D eigenvalue weighted by molar-refractivity contribution is 5.95. The zero-order valence-electron chi connectivity index (χ0n) is 9.61. The molecule has 4 heteroatoms. The Morgan fingerprint density at radius 1 is 1.17 bits per heavy atom. The van der Waals surface area contributed by atoms with Gasteiger partial charge in [-0.1, -0.05) is 30.3 Å². The minimum atomic E-state index is -0.640. The van der Waals surface area contributed by atoms with Crippen molar-refractivity contribution >= 4 is 12.2 Å². The molecule has 0 spiro atoms. The van der Waals surface area contributed by atoms with E-state index in [9.17, 15) is 9.59 Å². The van der Waals surface area contributed by atoms with Gasteiger partial charge in [0.15, 0.2) is 0 Å². The number of carbonyl (C=O) groups excluding carboxylic acids is 2. The molecule has 0 radical (unpaired) electrons. The molecule has 4 nitrogen and oxygen atoms in total. The average molecular weight is 240 g/mol. The minimum Gasteiger partial charge on any atom is -0.338 e. The van der Waals surface area contributed by atoms with E-state index >= 15 is 0 Å². The second-order valence-corrected chi connectivity index (χ2v) is 3.74. The molecule has 1 aromatic heterocycles. The molecule has 0 fully saturated rings. The van der Waals surface area contributed by atoms with Crippen molar-refractivity contribution in [2.45, 2.75) is 6.04 Å². The predicted molar refractivity (Wildman–Crippen MR) is 67.0 cm³/mol. The van der Waals surface area contributed by atoms with Crippen LogP contribution in [0, 0.1) is 0 Å². The third-order valence-electron chi connectivity index (χ3n) is 2.51. The van der Waals surface area contributed by atoms with Crippen LogP contribution in [0.5, 0.6) is 0 Å². The Hall–Kier alpha value is -2.49. The quantitative estimate of drug-likeness (QED) is 0.828. The molecule has 2 aromatic rings. The maximum atomic E-state index is 11.9. The number of aldehydes is 1. The molecule has 1 amide bonds. The fourth-order valence-electron chi connectivity index (χ4n) is 1.58. The molecule has 0 aliphatic rings. The van der Waals surface area contributed by atoms with Gasteiger partial charge in [-0.25, -0.2) is 0 Å². The van der Waals surface area contributed by atoms with Crippen LogP contribution in [0.25, 0.3) is 0 Å². The predicted octanol–water partition coefficient (Wildman–Crippen LogP) is 1.75. The molecule has 0 saturated heterocycles. The van der Waals surface area contributed by atoms with Gasteiger partial charge < -0.3 is 10.1 Å². The van der Waals surface area contributed by atoms with Gasteiger partial charge in [0.2, 0.25) is 0 Å². The monoisotopic (exact) mass is 240 g/mol. The fraction of sp³-hybridized carbons (Fsp3) is 0.0714. The van der Waals surface area contributed by atoms with Crippen LogP contribution in [0.1, 0.15) is 22.0 Å². The van der Waals surface area contributed by atoms with Crippen LogP contribution >= 0.6 is 0 Å². The van der Waals surface area contributed by atoms with Crippen molar-refractivity contribution in [1.29, 1.82) is 0 Å². The number of carbonyl (C=O) groups is 2. The van der Waals surface area contributed by atoms with Crippen molar-refractivity contribution in [2.24, 2.45) is 0 Å². The van der Waals surface area contributed by atoms with Crippen LogP contribution in [0.15, 0.2) is 54.9 Å². The highest BCUT2D eigenvalue weighted by Gasteiger charge is 2.14. The van der Waals surface area contributed by atoms with Gasteiger partial charge in [-0.15, -0.1) is 0 Å². The zero-order chi connectivity index (χ0) is 12.8. The summed E-state index contributed by atoms with van der Waals surface area (Å²) >= 11 is 0. The Morgan fingerprint density at radius 3 is 2.56 bits per heavy atom. The fourth-order valence-corrected chi connectivity index (χ4v) is 1.58. The largest absolute Gasteiger partial charge is 0.338 e. The lowest BCUT2D eigenvalue weighted by molar-refractivity contribution is -0.109. The van der Waals surface area contributed by atoms with E-state index in [4.69, 9.17) is 0 Å². The molecule has 0 aliphatic heterocycles. The maximum absolute atomic E-state index is 11.9. The number of hydrogen-bond acceptors (Lipinski definition) is 3. The molecule has 1 N–H and O–H groups in total. The van der Waals surface area contributed by atoms with Gasteiger partial charge in [0.05, 0.1) is 5.56 Å². The SMILES string of the molecule is O=CC(NC(=O)c1cccnc1)c1ccccc1. The summed E-state index contributed by atoms with van der Waals surface area (Å²) in [5.41, 5.74) is 1.19. The van der Waals surface area contributed by atoms with Crippen molar-refractivity contribution in [1.82, 2.24) is 10.3 Å². The average Bonchev–Trinajstić information content (AvgIpc) is 2.46. The van der Waals surface area contributed by atoms with Gasteiger partial charge in [0.25, 0.3) is 5.91 Å². The van der Waals surface area contributed by atoms with E-state index in [0.29, 0.717) is 11.8 Å². The lowest BCUT2D eigenvalue weighted by Gasteiger charge is -2.12. The number of hydrogen-bond donors (Lipinski definition) is 1. The Kier molecular flexibility index (Phi) is 3.81. The minimum absolute atomic E-state index is 0.316. The molecule has 1 atom stereocenters. The first-order valence-electron chi connectivity index (χ1n) is 5.52. The van der Waals surface area contributed by atoms with Crippen LogP contribution < -0.4 is 5.32 Å². The molecule has 18 heavy (non-hydrogen) atoms. The number of pyridine rings is 1. The Bertz CT molecular complexity index is 526. The number of nitrogens with zero attached hydrogens (tertiary/aromatic N) is 1. The second kappa shape index (κ2) is 5.72. The summed E-state index contributed by atoms with van der Waals surface area (Å²) < 4.78 is 0. The van der Waals surface area contributed by atoms with E-state index in [-0.39, 0.29) is 5.91 Å². The third kappa shape index (κ3) is 2.79. The van der Waals surface area contributed by atoms with Crippen LogP contribution in [-0.4, -0.2) is 17.2 Å². The summed E-state index contributed by atoms with van der Waals surface area (Å²) in [6, 6.07) is 11.8. The van der Waals surface area contributed by atoms with Crippen LogP contribution in [0.4, 0.5) is 0 Å². The Morgan fingerprint density at radius 2 is 1.94 bits per heavy atom. The summed E-state index contributed by atoms with van der Waals surface area (Å²) in [4.78, 5) is 26.8. The molecule has 0 aliphatic carbocycles. The molecule has 1 aromatic carbocycles. The van der Waals surface area contributed by atoms with Gasteiger partial charge in [0.1, 0.15) is 12.3 Å². The van der Waals surface area contributed by atoms with Crippen molar-refractivity contribution in [3.8, 4) is 0 Å². The summed E-state index contributed by atoms with van der Waals surface area (Å²) in [6.45, 7) is 0. The molecular weight excluding hydrogens is 228 g/mol. The van der Waals surface area contributed by atoms with Crippen molar-refractivity contribution in [2.75, 3.05) is 0 Å². The van der Waals surface area contributed by atoms with Gasteiger partial charge in [-0.3, -0.25) is 9.78 Å². The van der Waals surface area contributed by atoms with E-state index in [1.54, 1.807) is 30.5 Å². The smallest absolute Gasteiger partial charge is 0.253 e. The normalized spacial score (nSPS) is 11.6. The number of rotatable bonds is 4. The lowest BCUT2D eigenvalue weighted by Crippen LogP contribution is -2.29. The highest BCUT2D eigenvalue weighted by Crippen LogP contribution is 2.10. The van der Waals surface area contributed by atoms with E-state index in [2.05, 4.69) is 10.3 Å². The van der Waals surface area contributed by atoms with E-state index in [1.807, 2.05) is 18.2 Å². The van der Waals surface area contributed by atoms with Gasteiger partial charge in [-0.2, -0.15) is 0 Å². The molecular formula is C14H12N2O2. The Balaban J connectivity index is 2.13. The zero-order valence-corrected chi connectivity index (χ0v) is 9.61. The number of benzene rings is 1. The van der Waals surface area contributed by atoms with Crippen LogP contribution in [0.3, 0.4) is 0 Å². The Labute approximate surface area is 105 Å². The summed E-state index contributed by atoms with van der Waals surface area (Å²) in [6.07, 6.45) is 3.76. The number of amides is 1. The number of nitrogens with one attached hydrogen (secondary N) is 1. The maximum Gasteiger partial charge on any atom is 0.253 e. The van der Waals surface area contributed by atoms with Crippen LogP contribution in [0.2, 0.25) is 0 Å². The topological polar surface area (TPSA) is 59.1 Å². The molecule has 0 saturated carbocycles. The molecule has 0 bridgehead atoms.